The van der Waals surface area contributed by atoms with Gasteiger partial charge in [-0.1, -0.05) is 22.9 Å². The Hall–Kier alpha value is -1.82. The van der Waals surface area contributed by atoms with Crippen LogP contribution >= 0.6 is 11.8 Å². The summed E-state index contributed by atoms with van der Waals surface area (Å²) in [6.07, 6.45) is 0. The van der Waals surface area contributed by atoms with Crippen molar-refractivity contribution in [2.24, 2.45) is 0 Å². The van der Waals surface area contributed by atoms with Gasteiger partial charge in [-0.2, -0.15) is 4.98 Å². The minimum absolute atomic E-state index is 0.0137. The lowest BCUT2D eigenvalue weighted by Crippen LogP contribution is -2.41. The van der Waals surface area contributed by atoms with Crippen LogP contribution in [0.1, 0.15) is 32.2 Å². The number of carbonyl (C=O) groups is 1. The summed E-state index contributed by atoms with van der Waals surface area (Å²) in [6, 6.07) is 7.92. The van der Waals surface area contributed by atoms with E-state index in [1.165, 1.54) is 17.3 Å². The van der Waals surface area contributed by atoms with E-state index in [2.05, 4.69) is 15.5 Å². The monoisotopic (exact) mass is 319 g/mol. The molecule has 118 valence electrons. The first-order valence-electron chi connectivity index (χ1n) is 7.12. The molecule has 0 spiro atoms. The number of amides is 1. The van der Waals surface area contributed by atoms with E-state index >= 15 is 0 Å². The van der Waals surface area contributed by atoms with Crippen LogP contribution in [0, 0.1) is 6.92 Å². The smallest absolute Gasteiger partial charge is 0.257 e. The quantitative estimate of drug-likeness (QED) is 0.916. The Kier molecular flexibility index (Phi) is 5.24. The van der Waals surface area contributed by atoms with Crippen LogP contribution in [-0.4, -0.2) is 27.3 Å². The van der Waals surface area contributed by atoms with Gasteiger partial charge < -0.3 is 9.84 Å². The average molecular weight is 319 g/mol. The summed E-state index contributed by atoms with van der Waals surface area (Å²) in [5.74, 6) is 2.05. The maximum Gasteiger partial charge on any atom is 0.257 e. The van der Waals surface area contributed by atoms with Gasteiger partial charge in [0.25, 0.3) is 5.89 Å². The summed E-state index contributed by atoms with van der Waals surface area (Å²) in [5.41, 5.74) is 1.88. The van der Waals surface area contributed by atoms with Gasteiger partial charge in [0.2, 0.25) is 5.91 Å². The van der Waals surface area contributed by atoms with Crippen molar-refractivity contribution in [3.8, 4) is 11.5 Å². The zero-order valence-electron chi connectivity index (χ0n) is 13.3. The molecule has 2 rings (SSSR count). The molecule has 0 saturated carbocycles. The minimum Gasteiger partial charge on any atom is -0.351 e. The van der Waals surface area contributed by atoms with Gasteiger partial charge in [-0.3, -0.25) is 4.79 Å². The van der Waals surface area contributed by atoms with Crippen LogP contribution in [0.4, 0.5) is 0 Å². The van der Waals surface area contributed by atoms with Crippen molar-refractivity contribution in [3.05, 3.63) is 35.7 Å². The van der Waals surface area contributed by atoms with Crippen molar-refractivity contribution in [2.75, 3.05) is 5.75 Å². The molecular formula is C16H21N3O2S. The third kappa shape index (κ3) is 5.18. The molecule has 0 bridgehead atoms. The topological polar surface area (TPSA) is 68.0 Å². The number of hydrogen-bond donors (Lipinski definition) is 1. The molecule has 1 heterocycles. The van der Waals surface area contributed by atoms with Crippen molar-refractivity contribution in [1.29, 1.82) is 0 Å². The normalized spacial score (nSPS) is 11.5. The number of aromatic nitrogens is 2. The minimum atomic E-state index is -0.206. The van der Waals surface area contributed by atoms with Gasteiger partial charge in [0.05, 0.1) is 11.5 Å². The van der Waals surface area contributed by atoms with E-state index < -0.39 is 0 Å². The van der Waals surface area contributed by atoms with Crippen molar-refractivity contribution in [3.63, 3.8) is 0 Å². The summed E-state index contributed by atoms with van der Waals surface area (Å²) < 4.78 is 5.25. The largest absolute Gasteiger partial charge is 0.351 e. The fraction of sp³-hybridized carbons (Fsp3) is 0.438. The first-order valence-corrected chi connectivity index (χ1v) is 8.27. The van der Waals surface area contributed by atoms with Crippen molar-refractivity contribution in [2.45, 2.75) is 39.0 Å². The highest BCUT2D eigenvalue weighted by Gasteiger charge is 2.14. The molecule has 6 heteroatoms. The second-order valence-corrected chi connectivity index (χ2v) is 7.16. The molecule has 1 aromatic heterocycles. The van der Waals surface area contributed by atoms with E-state index in [0.29, 0.717) is 23.2 Å². The Labute approximate surface area is 134 Å². The van der Waals surface area contributed by atoms with Crippen LogP contribution in [0.2, 0.25) is 0 Å². The van der Waals surface area contributed by atoms with E-state index in [1.54, 1.807) is 0 Å². The Morgan fingerprint density at radius 3 is 2.59 bits per heavy atom. The van der Waals surface area contributed by atoms with E-state index in [-0.39, 0.29) is 11.4 Å². The number of nitrogens with one attached hydrogen (secondary N) is 1. The molecule has 0 atom stereocenters. The summed E-state index contributed by atoms with van der Waals surface area (Å²) >= 11 is 1.47. The predicted octanol–water partition coefficient (Wildman–Crippen LogP) is 3.19. The number of thioether (sulfide) groups is 1. The molecule has 1 N–H and O–H groups in total. The Balaban J connectivity index is 1.85. The highest BCUT2D eigenvalue weighted by atomic mass is 32.2. The van der Waals surface area contributed by atoms with Crippen LogP contribution in [0.3, 0.4) is 0 Å². The maximum atomic E-state index is 11.7. The first kappa shape index (κ1) is 16.5. The van der Waals surface area contributed by atoms with Gasteiger partial charge in [0.15, 0.2) is 5.82 Å². The molecule has 2 aromatic rings. The Morgan fingerprint density at radius 2 is 1.95 bits per heavy atom. The number of carbonyl (C=O) groups excluding carboxylic acids is 1. The van der Waals surface area contributed by atoms with Crippen LogP contribution in [-0.2, 0) is 10.5 Å². The molecule has 0 aliphatic heterocycles. The molecular weight excluding hydrogens is 298 g/mol. The van der Waals surface area contributed by atoms with Crippen LogP contribution in [0.25, 0.3) is 11.5 Å². The van der Waals surface area contributed by atoms with E-state index in [4.69, 9.17) is 4.52 Å². The van der Waals surface area contributed by atoms with Gasteiger partial charge >= 0.3 is 0 Å². The summed E-state index contributed by atoms with van der Waals surface area (Å²) in [5, 5.41) is 6.87. The van der Waals surface area contributed by atoms with Gasteiger partial charge in [-0.15, -0.1) is 11.8 Å². The number of nitrogens with zero attached hydrogens (tertiary/aromatic N) is 2. The standard InChI is InChI=1S/C16H21N3O2S/c1-11-5-7-12(8-6-11)15-17-13(19-21-15)9-22-10-14(20)18-16(2,3)4/h5-8H,9-10H2,1-4H3,(H,18,20). The Morgan fingerprint density at radius 1 is 1.27 bits per heavy atom. The molecule has 5 nitrogen and oxygen atoms in total. The molecule has 0 unspecified atom stereocenters. The molecule has 0 fully saturated rings. The number of benzene rings is 1. The summed E-state index contributed by atoms with van der Waals surface area (Å²) in [4.78, 5) is 16.1. The second kappa shape index (κ2) is 6.96. The van der Waals surface area contributed by atoms with Gasteiger partial charge in [0, 0.05) is 11.1 Å². The van der Waals surface area contributed by atoms with Crippen molar-refractivity contribution >= 4 is 17.7 Å². The maximum absolute atomic E-state index is 11.7. The molecule has 0 saturated heterocycles. The van der Waals surface area contributed by atoms with E-state index in [0.717, 1.165) is 5.56 Å². The number of aryl methyl sites for hydroxylation is 1. The fourth-order valence-corrected chi connectivity index (χ4v) is 2.47. The lowest BCUT2D eigenvalue weighted by Gasteiger charge is -2.20. The molecule has 0 aliphatic carbocycles. The van der Waals surface area contributed by atoms with Crippen LogP contribution < -0.4 is 5.32 Å². The summed E-state index contributed by atoms with van der Waals surface area (Å²) in [7, 11) is 0. The SMILES string of the molecule is Cc1ccc(-c2nc(CSCC(=O)NC(C)(C)C)no2)cc1. The molecule has 1 aromatic carbocycles. The molecule has 0 radical (unpaired) electrons. The lowest BCUT2D eigenvalue weighted by atomic mass is 10.1. The van der Waals surface area contributed by atoms with Gasteiger partial charge in [-0.25, -0.2) is 0 Å². The van der Waals surface area contributed by atoms with Crippen molar-refractivity contribution in [1.82, 2.24) is 15.5 Å². The highest BCUT2D eigenvalue weighted by molar-refractivity contribution is 7.99. The lowest BCUT2D eigenvalue weighted by molar-refractivity contribution is -0.119. The van der Waals surface area contributed by atoms with Crippen LogP contribution in [0.15, 0.2) is 28.8 Å². The number of rotatable bonds is 5. The fourth-order valence-electron chi connectivity index (χ4n) is 1.82. The summed E-state index contributed by atoms with van der Waals surface area (Å²) in [6.45, 7) is 7.91. The second-order valence-electron chi connectivity index (χ2n) is 6.17. The molecule has 22 heavy (non-hydrogen) atoms. The average Bonchev–Trinajstić information content (AvgIpc) is 2.86. The molecule has 0 aliphatic rings. The number of hydrogen-bond acceptors (Lipinski definition) is 5. The predicted molar refractivity (Wildman–Crippen MR) is 88.5 cm³/mol. The zero-order valence-corrected chi connectivity index (χ0v) is 14.2. The van der Waals surface area contributed by atoms with E-state index in [1.807, 2.05) is 52.0 Å². The van der Waals surface area contributed by atoms with Crippen LogP contribution in [0.5, 0.6) is 0 Å². The third-order valence-corrected chi connectivity index (χ3v) is 3.67. The van der Waals surface area contributed by atoms with Gasteiger partial charge in [0.1, 0.15) is 0 Å². The first-order chi connectivity index (χ1) is 10.3. The zero-order chi connectivity index (χ0) is 16.2. The van der Waals surface area contributed by atoms with E-state index in [9.17, 15) is 4.79 Å². The van der Waals surface area contributed by atoms with Gasteiger partial charge in [-0.05, 0) is 39.8 Å². The van der Waals surface area contributed by atoms with Crippen molar-refractivity contribution < 1.29 is 9.32 Å². The highest BCUT2D eigenvalue weighted by Crippen LogP contribution is 2.19. The Bertz CT molecular complexity index is 630. The molecule has 1 amide bonds. The third-order valence-electron chi connectivity index (χ3n) is 2.75.